The van der Waals surface area contributed by atoms with Gasteiger partial charge in [-0.1, -0.05) is 47.3 Å². The maximum Gasteiger partial charge on any atom is 0.246 e. The van der Waals surface area contributed by atoms with Crippen LogP contribution in [0.1, 0.15) is 42.5 Å². The highest BCUT2D eigenvalue weighted by molar-refractivity contribution is 9.10. The van der Waals surface area contributed by atoms with Crippen LogP contribution in [0.25, 0.3) is 10.2 Å². The maximum absolute atomic E-state index is 12.8. The van der Waals surface area contributed by atoms with Crippen molar-refractivity contribution in [3.63, 3.8) is 0 Å². The third kappa shape index (κ3) is 5.50. The largest absolute Gasteiger partial charge is 0.340 e. The van der Waals surface area contributed by atoms with Gasteiger partial charge in [0, 0.05) is 34.2 Å². The number of nitrogens with one attached hydrogen (secondary N) is 2. The van der Waals surface area contributed by atoms with Gasteiger partial charge < -0.3 is 15.5 Å². The molecule has 0 bridgehead atoms. The van der Waals surface area contributed by atoms with Gasteiger partial charge in [-0.3, -0.25) is 4.79 Å². The lowest BCUT2D eigenvalue weighted by atomic mass is 9.89. The van der Waals surface area contributed by atoms with Crippen LogP contribution in [-0.2, 0) is 17.8 Å². The van der Waals surface area contributed by atoms with Gasteiger partial charge in [-0.15, -0.1) is 11.3 Å². The number of carbonyl (C=O) groups is 1. The number of benzene rings is 1. The van der Waals surface area contributed by atoms with Crippen molar-refractivity contribution in [3.05, 3.63) is 57.7 Å². The molecule has 6 nitrogen and oxygen atoms in total. The van der Waals surface area contributed by atoms with Crippen molar-refractivity contribution in [1.29, 1.82) is 0 Å². The summed E-state index contributed by atoms with van der Waals surface area (Å²) in [5, 5.41) is 8.02. The number of hydrogen-bond acceptors (Lipinski definition) is 6. The summed E-state index contributed by atoms with van der Waals surface area (Å²) in [6.07, 6.45) is 12.9. The molecular formula is C26H30BrN5OS. The zero-order chi connectivity index (χ0) is 23.3. The Morgan fingerprint density at radius 1 is 1.24 bits per heavy atom. The zero-order valence-corrected chi connectivity index (χ0v) is 21.6. The smallest absolute Gasteiger partial charge is 0.246 e. The molecule has 2 N–H and O–H groups in total. The van der Waals surface area contributed by atoms with Gasteiger partial charge in [0.15, 0.2) is 0 Å². The van der Waals surface area contributed by atoms with Crippen molar-refractivity contribution in [2.24, 2.45) is 5.92 Å². The van der Waals surface area contributed by atoms with Gasteiger partial charge in [-0.2, -0.15) is 0 Å². The van der Waals surface area contributed by atoms with Gasteiger partial charge in [-0.05, 0) is 55.5 Å². The number of fused-ring (bicyclic) bond motifs is 3. The number of carbonyl (C=O) groups excluding carboxylic acids is 1. The fourth-order valence-corrected chi connectivity index (χ4v) is 6.54. The Morgan fingerprint density at radius 2 is 2.12 bits per heavy atom. The van der Waals surface area contributed by atoms with Gasteiger partial charge in [0.2, 0.25) is 5.91 Å². The summed E-state index contributed by atoms with van der Waals surface area (Å²) in [5.41, 5.74) is 2.24. The molecule has 2 aliphatic rings. The monoisotopic (exact) mass is 539 g/mol. The minimum absolute atomic E-state index is 0.0844. The van der Waals surface area contributed by atoms with E-state index in [2.05, 4.69) is 36.5 Å². The minimum atomic E-state index is 0.0844. The number of anilines is 2. The average Bonchev–Trinajstić information content (AvgIpc) is 3.23. The first kappa shape index (κ1) is 23.5. The molecule has 2 aromatic heterocycles. The maximum atomic E-state index is 12.8. The topological polar surface area (TPSA) is 70.2 Å². The summed E-state index contributed by atoms with van der Waals surface area (Å²) in [4.78, 5) is 26.0. The number of aromatic nitrogens is 2. The second kappa shape index (κ2) is 11.0. The van der Waals surface area contributed by atoms with Crippen LogP contribution in [0.4, 0.5) is 11.5 Å². The van der Waals surface area contributed by atoms with E-state index in [-0.39, 0.29) is 5.91 Å². The van der Waals surface area contributed by atoms with Gasteiger partial charge in [0.1, 0.15) is 17.0 Å². The molecule has 1 saturated carbocycles. The summed E-state index contributed by atoms with van der Waals surface area (Å²) in [6, 6.07) is 8.05. The Morgan fingerprint density at radius 3 is 2.97 bits per heavy atom. The fraction of sp³-hybridized carbons (Fsp3) is 0.423. The lowest BCUT2D eigenvalue weighted by Crippen LogP contribution is -2.34. The molecule has 0 radical (unpaired) electrons. The molecular weight excluding hydrogens is 510 g/mol. The lowest BCUT2D eigenvalue weighted by molar-refractivity contribution is -0.126. The standard InChI is InChI=1S/C26H30BrN5OS/c27-19-8-4-9-20(14-19)31-25-24-21-11-13-32(16-22(21)34-26(24)30-17-29-25)23(33)10-5-12-28-15-18-6-2-1-3-7-18/h4-5,8-10,14,17-18,28H,1-3,6-7,11-13,15-16H2,(H,29,30,31)/b10-5+. The SMILES string of the molecule is O=C(/C=C/CNCC1CCCCC1)N1CCc2c(sc3ncnc(Nc4cccc(Br)c4)c23)C1. The first-order chi connectivity index (χ1) is 16.7. The van der Waals surface area contributed by atoms with E-state index < -0.39 is 0 Å². The van der Waals surface area contributed by atoms with Gasteiger partial charge in [0.05, 0.1) is 11.9 Å². The number of halogens is 1. The van der Waals surface area contributed by atoms with Gasteiger partial charge in [-0.25, -0.2) is 9.97 Å². The fourth-order valence-electron chi connectivity index (χ4n) is 4.94. The molecule has 8 heteroatoms. The lowest BCUT2D eigenvalue weighted by Gasteiger charge is -2.26. The molecule has 0 atom stereocenters. The highest BCUT2D eigenvalue weighted by atomic mass is 79.9. The number of hydrogen-bond donors (Lipinski definition) is 2. The molecule has 1 aliphatic carbocycles. The summed E-state index contributed by atoms with van der Waals surface area (Å²) in [7, 11) is 0. The second-order valence-corrected chi connectivity index (χ2v) is 11.1. The van der Waals surface area contributed by atoms with E-state index in [1.54, 1.807) is 23.7 Å². The highest BCUT2D eigenvalue weighted by Crippen LogP contribution is 2.38. The molecule has 0 unspecified atom stereocenters. The molecule has 1 aliphatic heterocycles. The van der Waals surface area contributed by atoms with E-state index in [0.29, 0.717) is 13.1 Å². The summed E-state index contributed by atoms with van der Waals surface area (Å²) < 4.78 is 1.02. The van der Waals surface area contributed by atoms with E-state index in [4.69, 9.17) is 0 Å². The molecule has 178 valence electrons. The summed E-state index contributed by atoms with van der Waals surface area (Å²) in [5.74, 6) is 1.71. The van der Waals surface area contributed by atoms with Crippen LogP contribution >= 0.6 is 27.3 Å². The van der Waals surface area contributed by atoms with Crippen molar-refractivity contribution >= 4 is 54.9 Å². The number of amides is 1. The van der Waals surface area contributed by atoms with E-state index >= 15 is 0 Å². The molecule has 5 rings (SSSR count). The molecule has 0 saturated heterocycles. The van der Waals surface area contributed by atoms with Crippen molar-refractivity contribution in [2.45, 2.75) is 45.1 Å². The van der Waals surface area contributed by atoms with Crippen molar-refractivity contribution < 1.29 is 4.79 Å². The van der Waals surface area contributed by atoms with Crippen LogP contribution in [0.15, 0.2) is 47.2 Å². The number of rotatable bonds is 7. The number of nitrogens with zero attached hydrogens (tertiary/aromatic N) is 3. The molecule has 34 heavy (non-hydrogen) atoms. The van der Waals surface area contributed by atoms with Crippen LogP contribution < -0.4 is 10.6 Å². The summed E-state index contributed by atoms with van der Waals surface area (Å²) >= 11 is 5.19. The van der Waals surface area contributed by atoms with E-state index in [0.717, 1.165) is 51.6 Å². The van der Waals surface area contributed by atoms with Crippen molar-refractivity contribution in [3.8, 4) is 0 Å². The number of thiophene rings is 1. The molecule has 3 heterocycles. The molecule has 1 fully saturated rings. The average molecular weight is 541 g/mol. The Labute approximate surface area is 213 Å². The first-order valence-corrected chi connectivity index (χ1v) is 13.7. The predicted molar refractivity (Wildman–Crippen MR) is 143 cm³/mol. The van der Waals surface area contributed by atoms with Crippen LogP contribution in [0.2, 0.25) is 0 Å². The highest BCUT2D eigenvalue weighted by Gasteiger charge is 2.25. The van der Waals surface area contributed by atoms with E-state index in [1.807, 2.05) is 35.2 Å². The van der Waals surface area contributed by atoms with Crippen molar-refractivity contribution in [1.82, 2.24) is 20.2 Å². The zero-order valence-electron chi connectivity index (χ0n) is 19.2. The third-order valence-electron chi connectivity index (χ3n) is 6.72. The predicted octanol–water partition coefficient (Wildman–Crippen LogP) is 5.81. The van der Waals surface area contributed by atoms with Gasteiger partial charge in [0.25, 0.3) is 0 Å². The van der Waals surface area contributed by atoms with E-state index in [9.17, 15) is 4.79 Å². The molecule has 3 aromatic rings. The molecule has 1 aromatic carbocycles. The second-order valence-electron chi connectivity index (χ2n) is 9.12. The van der Waals surface area contributed by atoms with Crippen LogP contribution in [0.3, 0.4) is 0 Å². The minimum Gasteiger partial charge on any atom is -0.340 e. The van der Waals surface area contributed by atoms with Crippen LogP contribution in [-0.4, -0.2) is 40.4 Å². The molecule has 1 amide bonds. The Balaban J connectivity index is 1.22. The van der Waals surface area contributed by atoms with Crippen LogP contribution in [0, 0.1) is 5.92 Å². The Hall–Kier alpha value is -2.29. The normalized spacial score (nSPS) is 16.8. The van der Waals surface area contributed by atoms with Crippen LogP contribution in [0.5, 0.6) is 0 Å². The van der Waals surface area contributed by atoms with E-state index in [1.165, 1.54) is 42.5 Å². The first-order valence-electron chi connectivity index (χ1n) is 12.1. The Bertz CT molecular complexity index is 1190. The Kier molecular flexibility index (Phi) is 7.57. The summed E-state index contributed by atoms with van der Waals surface area (Å²) in [6.45, 7) is 3.16. The third-order valence-corrected chi connectivity index (χ3v) is 8.33. The van der Waals surface area contributed by atoms with Gasteiger partial charge >= 0.3 is 0 Å². The van der Waals surface area contributed by atoms with Crippen molar-refractivity contribution in [2.75, 3.05) is 25.0 Å². The quantitative estimate of drug-likeness (QED) is 0.293. The molecule has 0 spiro atoms.